The summed E-state index contributed by atoms with van der Waals surface area (Å²) in [6.45, 7) is 4.09. The largest absolute Gasteiger partial charge is 0.507 e. The summed E-state index contributed by atoms with van der Waals surface area (Å²) in [5.74, 6) is -0.869. The minimum Gasteiger partial charge on any atom is -0.507 e. The van der Waals surface area contributed by atoms with Crippen molar-refractivity contribution in [1.29, 1.82) is 0 Å². The van der Waals surface area contributed by atoms with E-state index < -0.39 is 5.91 Å². The van der Waals surface area contributed by atoms with Crippen LogP contribution in [0.3, 0.4) is 0 Å². The van der Waals surface area contributed by atoms with Crippen molar-refractivity contribution in [3.63, 3.8) is 0 Å². The molecule has 0 radical (unpaired) electrons. The van der Waals surface area contributed by atoms with Crippen LogP contribution in [0.15, 0.2) is 48.9 Å². The van der Waals surface area contributed by atoms with E-state index in [-0.39, 0.29) is 17.2 Å². The zero-order valence-electron chi connectivity index (χ0n) is 14.9. The first-order valence-corrected chi connectivity index (χ1v) is 8.24. The first kappa shape index (κ1) is 17.7. The van der Waals surface area contributed by atoms with Crippen molar-refractivity contribution in [3.05, 3.63) is 82.4 Å². The third-order valence-electron chi connectivity index (χ3n) is 4.61. The lowest BCUT2D eigenvalue weighted by molar-refractivity contribution is 0.0535. The molecule has 0 aliphatic carbocycles. The molecule has 0 aliphatic heterocycles. The van der Waals surface area contributed by atoms with Gasteiger partial charge < -0.3 is 10.1 Å². The maximum absolute atomic E-state index is 12.2. The molecule has 0 saturated heterocycles. The number of amides is 1. The SMILES string of the molecule is CONC(=O)c1cccc(C(c2cnc[nH]2)c2cccc(C)c2C)c1O. The van der Waals surface area contributed by atoms with Crippen LogP contribution in [0.4, 0.5) is 0 Å². The molecule has 0 aliphatic rings. The Kier molecular flexibility index (Phi) is 5.04. The Bertz CT molecular complexity index is 920. The molecule has 3 N–H and O–H groups in total. The maximum Gasteiger partial charge on any atom is 0.278 e. The van der Waals surface area contributed by atoms with Gasteiger partial charge in [-0.3, -0.25) is 9.63 Å². The highest BCUT2D eigenvalue weighted by Crippen LogP contribution is 2.39. The van der Waals surface area contributed by atoms with Gasteiger partial charge in [-0.25, -0.2) is 10.5 Å². The number of aromatic nitrogens is 2. The zero-order chi connectivity index (χ0) is 18.7. The summed E-state index contributed by atoms with van der Waals surface area (Å²) < 4.78 is 0. The molecule has 26 heavy (non-hydrogen) atoms. The van der Waals surface area contributed by atoms with Crippen molar-refractivity contribution >= 4 is 5.91 Å². The van der Waals surface area contributed by atoms with Gasteiger partial charge in [0.05, 0.1) is 24.9 Å². The molecule has 2 aromatic carbocycles. The van der Waals surface area contributed by atoms with Gasteiger partial charge in [0.15, 0.2) is 0 Å². The quantitative estimate of drug-likeness (QED) is 0.616. The molecule has 6 nitrogen and oxygen atoms in total. The fourth-order valence-electron chi connectivity index (χ4n) is 3.14. The number of hydrogen-bond donors (Lipinski definition) is 3. The molecule has 134 valence electrons. The third kappa shape index (κ3) is 3.19. The van der Waals surface area contributed by atoms with Crippen LogP contribution >= 0.6 is 0 Å². The molecule has 3 rings (SSSR count). The third-order valence-corrected chi connectivity index (χ3v) is 4.61. The molecule has 1 aromatic heterocycles. The normalized spacial score (nSPS) is 12.0. The summed E-state index contributed by atoms with van der Waals surface area (Å²) in [6, 6.07) is 11.2. The fourth-order valence-corrected chi connectivity index (χ4v) is 3.14. The second-order valence-electron chi connectivity index (χ2n) is 6.11. The van der Waals surface area contributed by atoms with Crippen LogP contribution in [0.2, 0.25) is 0 Å². The number of phenolic OH excluding ortho intramolecular Hbond substituents is 1. The highest BCUT2D eigenvalue weighted by atomic mass is 16.6. The second-order valence-corrected chi connectivity index (χ2v) is 6.11. The fraction of sp³-hybridized carbons (Fsp3) is 0.200. The van der Waals surface area contributed by atoms with Crippen molar-refractivity contribution in [2.75, 3.05) is 7.11 Å². The number of nitrogens with zero attached hydrogens (tertiary/aromatic N) is 1. The molecule has 1 heterocycles. The Labute approximate surface area is 151 Å². The van der Waals surface area contributed by atoms with Crippen LogP contribution in [-0.4, -0.2) is 28.1 Å². The number of aryl methyl sites for hydroxylation is 1. The highest BCUT2D eigenvalue weighted by Gasteiger charge is 2.25. The van der Waals surface area contributed by atoms with Crippen molar-refractivity contribution in [2.24, 2.45) is 0 Å². The van der Waals surface area contributed by atoms with Crippen LogP contribution in [0, 0.1) is 13.8 Å². The first-order chi connectivity index (χ1) is 12.5. The van der Waals surface area contributed by atoms with Crippen molar-refractivity contribution in [3.8, 4) is 5.75 Å². The highest BCUT2D eigenvalue weighted by molar-refractivity contribution is 5.96. The summed E-state index contributed by atoms with van der Waals surface area (Å²) >= 11 is 0. The van der Waals surface area contributed by atoms with E-state index in [0.717, 1.165) is 22.4 Å². The molecule has 1 atom stereocenters. The lowest BCUT2D eigenvalue weighted by atomic mass is 9.84. The number of hydroxylamine groups is 1. The number of carbonyl (C=O) groups is 1. The van der Waals surface area contributed by atoms with Crippen molar-refractivity contribution in [1.82, 2.24) is 15.4 Å². The maximum atomic E-state index is 12.2. The van der Waals surface area contributed by atoms with E-state index in [1.165, 1.54) is 7.11 Å². The van der Waals surface area contributed by atoms with Gasteiger partial charge in [0.2, 0.25) is 0 Å². The van der Waals surface area contributed by atoms with E-state index >= 15 is 0 Å². The molecule has 0 fully saturated rings. The standard InChI is InChI=1S/C20H21N3O3/c1-12-6-4-7-14(13(12)2)18(17-10-21-11-22-17)15-8-5-9-16(19(15)24)20(25)23-26-3/h4-11,18,24H,1-3H3,(H,21,22)(H,23,25). The van der Waals surface area contributed by atoms with Gasteiger partial charge in [0.1, 0.15) is 5.75 Å². The number of phenols is 1. The number of H-pyrrole nitrogens is 1. The minimum atomic E-state index is -0.504. The van der Waals surface area contributed by atoms with Gasteiger partial charge in [-0.1, -0.05) is 30.3 Å². The van der Waals surface area contributed by atoms with E-state index in [4.69, 9.17) is 0 Å². The van der Waals surface area contributed by atoms with Gasteiger partial charge in [0, 0.05) is 17.5 Å². The van der Waals surface area contributed by atoms with Crippen LogP contribution in [-0.2, 0) is 4.84 Å². The minimum absolute atomic E-state index is 0.0810. The predicted molar refractivity (Wildman–Crippen MR) is 98.0 cm³/mol. The molecule has 0 spiro atoms. The topological polar surface area (TPSA) is 87.2 Å². The van der Waals surface area contributed by atoms with Gasteiger partial charge in [-0.2, -0.15) is 0 Å². The monoisotopic (exact) mass is 351 g/mol. The Morgan fingerprint density at radius 2 is 1.92 bits per heavy atom. The van der Waals surface area contributed by atoms with E-state index in [9.17, 15) is 9.90 Å². The Morgan fingerprint density at radius 1 is 1.19 bits per heavy atom. The molecular weight excluding hydrogens is 330 g/mol. The smallest absolute Gasteiger partial charge is 0.278 e. The molecular formula is C20H21N3O3. The lowest BCUT2D eigenvalue weighted by Crippen LogP contribution is -2.22. The average molecular weight is 351 g/mol. The number of carbonyl (C=O) groups excluding carboxylic acids is 1. The number of rotatable bonds is 5. The number of benzene rings is 2. The van der Waals surface area contributed by atoms with Crippen molar-refractivity contribution in [2.45, 2.75) is 19.8 Å². The Hall–Kier alpha value is -3.12. The van der Waals surface area contributed by atoms with Crippen LogP contribution in [0.5, 0.6) is 5.75 Å². The molecule has 0 bridgehead atoms. The van der Waals surface area contributed by atoms with Gasteiger partial charge in [0.25, 0.3) is 5.91 Å². The van der Waals surface area contributed by atoms with Crippen LogP contribution < -0.4 is 5.48 Å². The van der Waals surface area contributed by atoms with E-state index in [1.54, 1.807) is 24.7 Å². The van der Waals surface area contributed by atoms with Crippen LogP contribution in [0.1, 0.15) is 44.2 Å². The summed E-state index contributed by atoms with van der Waals surface area (Å²) in [6.07, 6.45) is 3.33. The van der Waals surface area contributed by atoms with E-state index in [0.29, 0.717) is 5.56 Å². The second kappa shape index (κ2) is 7.41. The first-order valence-electron chi connectivity index (χ1n) is 8.24. The number of imidazole rings is 1. The molecule has 3 aromatic rings. The van der Waals surface area contributed by atoms with Gasteiger partial charge in [-0.05, 0) is 36.6 Å². The van der Waals surface area contributed by atoms with Gasteiger partial charge >= 0.3 is 0 Å². The predicted octanol–water partition coefficient (Wildman–Crippen LogP) is 3.20. The average Bonchev–Trinajstić information content (AvgIpc) is 3.14. The lowest BCUT2D eigenvalue weighted by Gasteiger charge is -2.22. The Morgan fingerprint density at radius 3 is 2.62 bits per heavy atom. The molecule has 1 amide bonds. The van der Waals surface area contributed by atoms with Crippen molar-refractivity contribution < 1.29 is 14.7 Å². The van der Waals surface area contributed by atoms with E-state index in [2.05, 4.69) is 20.3 Å². The number of nitrogens with one attached hydrogen (secondary N) is 2. The van der Waals surface area contributed by atoms with Gasteiger partial charge in [-0.15, -0.1) is 0 Å². The Balaban J connectivity index is 2.20. The summed E-state index contributed by atoms with van der Waals surface area (Å²) in [5.41, 5.74) is 7.16. The summed E-state index contributed by atoms with van der Waals surface area (Å²) in [5, 5.41) is 10.8. The number of aromatic hydroxyl groups is 1. The van der Waals surface area contributed by atoms with Crippen LogP contribution in [0.25, 0.3) is 0 Å². The summed E-state index contributed by atoms with van der Waals surface area (Å²) in [7, 11) is 1.35. The molecule has 1 unspecified atom stereocenters. The number of aromatic amines is 1. The summed E-state index contributed by atoms with van der Waals surface area (Å²) in [4.78, 5) is 24.1. The number of hydrogen-bond acceptors (Lipinski definition) is 4. The number of para-hydroxylation sites is 1. The molecule has 0 saturated carbocycles. The molecule has 6 heteroatoms. The zero-order valence-corrected chi connectivity index (χ0v) is 14.9. The van der Waals surface area contributed by atoms with E-state index in [1.807, 2.05) is 38.1 Å².